The molecule has 0 radical (unpaired) electrons. The number of halogens is 1. The molecule has 0 aliphatic carbocycles. The lowest BCUT2D eigenvalue weighted by atomic mass is 9.88. The third kappa shape index (κ3) is 5.20. The van der Waals surface area contributed by atoms with Crippen LogP contribution >= 0.6 is 11.6 Å². The van der Waals surface area contributed by atoms with Crippen LogP contribution in [0.1, 0.15) is 27.2 Å². The minimum absolute atomic E-state index is 0.242. The highest BCUT2D eigenvalue weighted by atomic mass is 35.5. The van der Waals surface area contributed by atoms with Gasteiger partial charge in [0.05, 0.1) is 0 Å². The molecule has 0 nitrogen and oxygen atoms in total. The Bertz CT molecular complexity index is 204. The van der Waals surface area contributed by atoms with Crippen LogP contribution in [-0.4, -0.2) is 0 Å². The average Bonchev–Trinajstić information content (AvgIpc) is 1.84. The molecule has 0 aliphatic heterocycles. The van der Waals surface area contributed by atoms with Crippen LogP contribution in [0, 0.1) is 5.41 Å². The van der Waals surface area contributed by atoms with Crippen LogP contribution in [0.15, 0.2) is 35.9 Å². The van der Waals surface area contributed by atoms with Gasteiger partial charge in [0.25, 0.3) is 0 Å². The Hall–Kier alpha value is -0.490. The van der Waals surface area contributed by atoms with Gasteiger partial charge in [-0.3, -0.25) is 0 Å². The van der Waals surface area contributed by atoms with Crippen LogP contribution in [0.4, 0.5) is 0 Å². The molecule has 0 heterocycles. The average molecular weight is 185 g/mol. The van der Waals surface area contributed by atoms with E-state index in [9.17, 15) is 0 Å². The molecule has 68 valence electrons. The number of rotatable bonds is 3. The lowest BCUT2D eigenvalue weighted by Gasteiger charge is -2.19. The fourth-order valence-corrected chi connectivity index (χ4v) is 1.10. The zero-order chi connectivity index (χ0) is 9.78. The maximum absolute atomic E-state index is 5.93. The minimum Gasteiger partial charge on any atom is -0.0990 e. The van der Waals surface area contributed by atoms with E-state index in [0.29, 0.717) is 5.03 Å². The van der Waals surface area contributed by atoms with Crippen LogP contribution in [0.25, 0.3) is 0 Å². The molecule has 0 spiro atoms. The summed E-state index contributed by atoms with van der Waals surface area (Å²) >= 11 is 5.93. The van der Waals surface area contributed by atoms with Gasteiger partial charge in [-0.2, -0.15) is 0 Å². The first kappa shape index (κ1) is 11.5. The summed E-state index contributed by atoms with van der Waals surface area (Å²) in [5, 5.41) is 0.708. The SMILES string of the molecule is C=C/C=C(/Cl)C(=C)CC(C)(C)C. The zero-order valence-corrected chi connectivity index (χ0v) is 8.91. The molecule has 0 aliphatic rings. The summed E-state index contributed by atoms with van der Waals surface area (Å²) in [5.41, 5.74) is 1.22. The van der Waals surface area contributed by atoms with E-state index in [4.69, 9.17) is 11.6 Å². The van der Waals surface area contributed by atoms with Gasteiger partial charge in [-0.05, 0) is 23.5 Å². The molecular formula is C11H17Cl. The molecule has 0 saturated carbocycles. The second-order valence-corrected chi connectivity index (χ2v) is 4.50. The van der Waals surface area contributed by atoms with Crippen molar-refractivity contribution in [2.45, 2.75) is 27.2 Å². The van der Waals surface area contributed by atoms with Crippen LogP contribution in [0.3, 0.4) is 0 Å². The molecular weight excluding hydrogens is 168 g/mol. The number of hydrogen-bond donors (Lipinski definition) is 0. The van der Waals surface area contributed by atoms with Crippen molar-refractivity contribution >= 4 is 11.6 Å². The van der Waals surface area contributed by atoms with Crippen molar-refractivity contribution in [3.05, 3.63) is 35.9 Å². The molecule has 0 aromatic carbocycles. The maximum atomic E-state index is 5.93. The smallest absolute Gasteiger partial charge is 0.0432 e. The third-order valence-corrected chi connectivity index (χ3v) is 1.74. The largest absolute Gasteiger partial charge is 0.0990 e. The van der Waals surface area contributed by atoms with Crippen molar-refractivity contribution < 1.29 is 0 Å². The second-order valence-electron chi connectivity index (χ2n) is 4.09. The Morgan fingerprint density at radius 3 is 2.25 bits per heavy atom. The van der Waals surface area contributed by atoms with E-state index in [1.165, 1.54) is 0 Å². The van der Waals surface area contributed by atoms with E-state index in [-0.39, 0.29) is 5.41 Å². The summed E-state index contributed by atoms with van der Waals surface area (Å²) in [5.74, 6) is 0. The van der Waals surface area contributed by atoms with Crippen molar-refractivity contribution in [3.63, 3.8) is 0 Å². The summed E-state index contributed by atoms with van der Waals surface area (Å²) in [4.78, 5) is 0. The molecule has 0 unspecified atom stereocenters. The standard InChI is InChI=1S/C11H17Cl/c1-6-7-10(12)9(2)8-11(3,4)5/h6-7H,1-2,8H2,3-5H3/b10-7+. The van der Waals surface area contributed by atoms with Gasteiger partial charge in [0.1, 0.15) is 0 Å². The van der Waals surface area contributed by atoms with Gasteiger partial charge in [0, 0.05) is 5.03 Å². The lowest BCUT2D eigenvalue weighted by molar-refractivity contribution is 0.413. The van der Waals surface area contributed by atoms with E-state index in [0.717, 1.165) is 12.0 Å². The molecule has 1 heteroatoms. The highest BCUT2D eigenvalue weighted by molar-refractivity contribution is 6.32. The quantitative estimate of drug-likeness (QED) is 0.575. The van der Waals surface area contributed by atoms with Gasteiger partial charge in [-0.1, -0.05) is 51.6 Å². The number of allylic oxidation sites excluding steroid dienone is 4. The normalized spacial score (nSPS) is 12.8. The zero-order valence-electron chi connectivity index (χ0n) is 8.15. The summed E-state index contributed by atoms with van der Waals surface area (Å²) in [7, 11) is 0. The molecule has 0 rings (SSSR count). The third-order valence-electron chi connectivity index (χ3n) is 1.35. The van der Waals surface area contributed by atoms with Crippen molar-refractivity contribution in [1.29, 1.82) is 0 Å². The van der Waals surface area contributed by atoms with Crippen molar-refractivity contribution in [3.8, 4) is 0 Å². The van der Waals surface area contributed by atoms with Crippen molar-refractivity contribution in [2.75, 3.05) is 0 Å². The Labute approximate surface area is 80.6 Å². The van der Waals surface area contributed by atoms with Crippen LogP contribution in [0.2, 0.25) is 0 Å². The van der Waals surface area contributed by atoms with Crippen molar-refractivity contribution in [1.82, 2.24) is 0 Å². The fraction of sp³-hybridized carbons (Fsp3) is 0.455. The van der Waals surface area contributed by atoms with Gasteiger partial charge >= 0.3 is 0 Å². The molecule has 0 fully saturated rings. The van der Waals surface area contributed by atoms with E-state index in [1.807, 2.05) is 0 Å². The molecule has 0 N–H and O–H groups in total. The van der Waals surface area contributed by atoms with Crippen LogP contribution < -0.4 is 0 Å². The first-order valence-corrected chi connectivity index (χ1v) is 4.41. The van der Waals surface area contributed by atoms with Gasteiger partial charge in [0.15, 0.2) is 0 Å². The Morgan fingerprint density at radius 2 is 1.92 bits per heavy atom. The number of hydrogen-bond acceptors (Lipinski definition) is 0. The highest BCUT2D eigenvalue weighted by Gasteiger charge is 2.12. The summed E-state index contributed by atoms with van der Waals surface area (Å²) in [6, 6.07) is 0. The molecule has 0 aromatic rings. The molecule has 0 amide bonds. The first-order valence-electron chi connectivity index (χ1n) is 4.03. The molecule has 0 saturated heterocycles. The monoisotopic (exact) mass is 184 g/mol. The predicted molar refractivity (Wildman–Crippen MR) is 57.3 cm³/mol. The van der Waals surface area contributed by atoms with Crippen LogP contribution in [-0.2, 0) is 0 Å². The molecule has 0 aromatic heterocycles. The Morgan fingerprint density at radius 1 is 1.42 bits per heavy atom. The Kier molecular flexibility index (Phi) is 4.33. The van der Waals surface area contributed by atoms with Crippen molar-refractivity contribution in [2.24, 2.45) is 5.41 Å². The van der Waals surface area contributed by atoms with E-state index in [2.05, 4.69) is 33.9 Å². The van der Waals surface area contributed by atoms with Gasteiger partial charge in [-0.15, -0.1) is 0 Å². The predicted octanol–water partition coefficient (Wildman–Crippen LogP) is 4.29. The summed E-state index contributed by atoms with van der Waals surface area (Å²) in [6.07, 6.45) is 4.36. The second kappa shape index (κ2) is 4.51. The lowest BCUT2D eigenvalue weighted by Crippen LogP contribution is -2.05. The summed E-state index contributed by atoms with van der Waals surface area (Å²) in [6.45, 7) is 14.0. The van der Waals surface area contributed by atoms with Gasteiger partial charge < -0.3 is 0 Å². The summed E-state index contributed by atoms with van der Waals surface area (Å²) < 4.78 is 0. The molecule has 0 bridgehead atoms. The highest BCUT2D eigenvalue weighted by Crippen LogP contribution is 2.28. The minimum atomic E-state index is 0.242. The van der Waals surface area contributed by atoms with Crippen LogP contribution in [0.5, 0.6) is 0 Å². The first-order chi connectivity index (χ1) is 5.37. The van der Waals surface area contributed by atoms with E-state index < -0.39 is 0 Å². The topological polar surface area (TPSA) is 0 Å². The van der Waals surface area contributed by atoms with E-state index in [1.54, 1.807) is 12.2 Å². The maximum Gasteiger partial charge on any atom is 0.0432 e. The van der Waals surface area contributed by atoms with Gasteiger partial charge in [-0.25, -0.2) is 0 Å². The Balaban J connectivity index is 4.24. The van der Waals surface area contributed by atoms with E-state index >= 15 is 0 Å². The van der Waals surface area contributed by atoms with Gasteiger partial charge in [0.2, 0.25) is 0 Å². The molecule has 0 atom stereocenters. The fourth-order valence-electron chi connectivity index (χ4n) is 0.946. The molecule has 12 heavy (non-hydrogen) atoms.